The van der Waals surface area contributed by atoms with Crippen molar-refractivity contribution in [2.45, 2.75) is 52.5 Å². The van der Waals surface area contributed by atoms with E-state index in [1.165, 1.54) is 24.1 Å². The molecule has 0 aromatic heterocycles. The fourth-order valence-corrected chi connectivity index (χ4v) is 2.64. The normalized spacial score (nSPS) is 12.5. The second kappa shape index (κ2) is 8.44. The molecule has 0 aliphatic carbocycles. The highest BCUT2D eigenvalue weighted by Crippen LogP contribution is 2.32. The van der Waals surface area contributed by atoms with Gasteiger partial charge in [0.05, 0.1) is 10.7 Å². The van der Waals surface area contributed by atoms with E-state index in [0.29, 0.717) is 12.6 Å². The molecule has 0 fully saturated rings. The predicted octanol–water partition coefficient (Wildman–Crippen LogP) is 4.25. The van der Waals surface area contributed by atoms with Gasteiger partial charge in [0, 0.05) is 12.6 Å². The summed E-state index contributed by atoms with van der Waals surface area (Å²) in [6.45, 7) is 8.44. The van der Waals surface area contributed by atoms with Gasteiger partial charge in [-0.1, -0.05) is 44.0 Å². The maximum absolute atomic E-state index is 6.46. The summed E-state index contributed by atoms with van der Waals surface area (Å²) in [6.07, 6.45) is 4.40. The third-order valence-electron chi connectivity index (χ3n) is 3.65. The largest absolute Gasteiger partial charge is 0.367 e. The van der Waals surface area contributed by atoms with Crippen molar-refractivity contribution >= 4 is 17.3 Å². The van der Waals surface area contributed by atoms with E-state index in [9.17, 15) is 0 Å². The number of nitrogens with zero attached hydrogens (tertiary/aromatic N) is 1. The summed E-state index contributed by atoms with van der Waals surface area (Å²) in [7, 11) is 0. The number of benzene rings is 1. The zero-order valence-electron chi connectivity index (χ0n) is 12.5. The highest BCUT2D eigenvalue weighted by Gasteiger charge is 2.18. The molecule has 0 aliphatic rings. The van der Waals surface area contributed by atoms with Crippen LogP contribution in [0, 0.1) is 0 Å². The second-order valence-electron chi connectivity index (χ2n) is 5.09. The van der Waals surface area contributed by atoms with Gasteiger partial charge < -0.3 is 10.6 Å². The van der Waals surface area contributed by atoms with Gasteiger partial charge in [0.25, 0.3) is 0 Å². The van der Waals surface area contributed by atoms with Crippen LogP contribution in [0.15, 0.2) is 18.2 Å². The van der Waals surface area contributed by atoms with Gasteiger partial charge in [-0.15, -0.1) is 0 Å². The van der Waals surface area contributed by atoms with Crippen LogP contribution in [0.4, 0.5) is 5.69 Å². The number of halogens is 1. The highest BCUT2D eigenvalue weighted by molar-refractivity contribution is 6.33. The van der Waals surface area contributed by atoms with E-state index in [4.69, 9.17) is 17.3 Å². The van der Waals surface area contributed by atoms with Gasteiger partial charge in [-0.2, -0.15) is 0 Å². The van der Waals surface area contributed by atoms with Gasteiger partial charge in [-0.3, -0.25) is 0 Å². The number of hydrogen-bond acceptors (Lipinski definition) is 2. The van der Waals surface area contributed by atoms with Crippen LogP contribution in [0.5, 0.6) is 0 Å². The van der Waals surface area contributed by atoms with Crippen molar-refractivity contribution in [3.63, 3.8) is 0 Å². The van der Waals surface area contributed by atoms with Crippen molar-refractivity contribution in [3.05, 3.63) is 28.8 Å². The first-order chi connectivity index (χ1) is 9.15. The Balaban J connectivity index is 3.11. The van der Waals surface area contributed by atoms with E-state index in [2.05, 4.69) is 31.7 Å². The second-order valence-corrected chi connectivity index (χ2v) is 5.50. The molecule has 1 rings (SSSR count). The number of hydrogen-bond donors (Lipinski definition) is 1. The lowest BCUT2D eigenvalue weighted by Crippen LogP contribution is -2.34. The molecule has 0 amide bonds. The average Bonchev–Trinajstić information content (AvgIpc) is 2.41. The molecule has 19 heavy (non-hydrogen) atoms. The molecule has 3 heteroatoms. The van der Waals surface area contributed by atoms with Crippen molar-refractivity contribution in [3.8, 4) is 0 Å². The molecule has 1 aromatic rings. The van der Waals surface area contributed by atoms with Crippen molar-refractivity contribution in [2.24, 2.45) is 5.73 Å². The van der Waals surface area contributed by atoms with Crippen LogP contribution in [0.1, 0.15) is 45.6 Å². The lowest BCUT2D eigenvalue weighted by Gasteiger charge is -2.33. The van der Waals surface area contributed by atoms with Gasteiger partial charge in [0.15, 0.2) is 0 Å². The minimum absolute atomic E-state index is 0.503. The number of para-hydroxylation sites is 1. The first-order valence-electron chi connectivity index (χ1n) is 7.39. The van der Waals surface area contributed by atoms with E-state index < -0.39 is 0 Å². The number of anilines is 1. The molecule has 0 bridgehead atoms. The van der Waals surface area contributed by atoms with E-state index in [1.54, 1.807) is 0 Å². The smallest absolute Gasteiger partial charge is 0.0642 e. The van der Waals surface area contributed by atoms with E-state index in [0.717, 1.165) is 24.4 Å². The minimum atomic E-state index is 0.503. The van der Waals surface area contributed by atoms with Crippen molar-refractivity contribution in [1.29, 1.82) is 0 Å². The Morgan fingerprint density at radius 1 is 1.32 bits per heavy atom. The summed E-state index contributed by atoms with van der Waals surface area (Å²) in [5.74, 6) is 0. The fraction of sp³-hybridized carbons (Fsp3) is 0.625. The molecule has 2 nitrogen and oxygen atoms in total. The summed E-state index contributed by atoms with van der Waals surface area (Å²) < 4.78 is 0. The Hall–Kier alpha value is -0.730. The molecule has 1 atom stereocenters. The molecule has 0 radical (unpaired) electrons. The predicted molar refractivity (Wildman–Crippen MR) is 86.2 cm³/mol. The highest BCUT2D eigenvalue weighted by atomic mass is 35.5. The van der Waals surface area contributed by atoms with Gasteiger partial charge in [-0.05, 0) is 44.4 Å². The number of rotatable bonds is 8. The summed E-state index contributed by atoms with van der Waals surface area (Å²) in [5, 5.41) is 0.849. The Labute approximate surface area is 122 Å². The first kappa shape index (κ1) is 16.3. The summed E-state index contributed by atoms with van der Waals surface area (Å²) in [4.78, 5) is 2.46. The molecule has 1 unspecified atom stereocenters. The minimum Gasteiger partial charge on any atom is -0.367 e. The van der Waals surface area contributed by atoms with E-state index >= 15 is 0 Å². The molecule has 108 valence electrons. The maximum Gasteiger partial charge on any atom is 0.0642 e. The lowest BCUT2D eigenvalue weighted by molar-refractivity contribution is 0.593. The molecule has 0 aliphatic heterocycles. The molecule has 0 spiro atoms. The zero-order valence-corrected chi connectivity index (χ0v) is 13.2. The van der Waals surface area contributed by atoms with E-state index in [-0.39, 0.29) is 0 Å². The van der Waals surface area contributed by atoms with Gasteiger partial charge in [-0.25, -0.2) is 0 Å². The summed E-state index contributed by atoms with van der Waals surface area (Å²) >= 11 is 6.46. The zero-order chi connectivity index (χ0) is 14.3. The molecule has 2 N–H and O–H groups in total. The van der Waals surface area contributed by atoms with E-state index in [1.807, 2.05) is 12.1 Å². The molecule has 0 saturated heterocycles. The van der Waals surface area contributed by atoms with Gasteiger partial charge in [0.1, 0.15) is 0 Å². The van der Waals surface area contributed by atoms with Crippen LogP contribution in [-0.4, -0.2) is 19.1 Å². The van der Waals surface area contributed by atoms with Gasteiger partial charge in [0.2, 0.25) is 0 Å². The van der Waals surface area contributed by atoms with Crippen LogP contribution >= 0.6 is 11.6 Å². The Kier molecular flexibility index (Phi) is 7.25. The summed E-state index contributed by atoms with van der Waals surface area (Å²) in [5.41, 5.74) is 8.19. The quantitative estimate of drug-likeness (QED) is 0.772. The molecule has 0 saturated carbocycles. The van der Waals surface area contributed by atoms with Crippen LogP contribution in [0.2, 0.25) is 5.02 Å². The van der Waals surface area contributed by atoms with Crippen LogP contribution in [0.3, 0.4) is 0 Å². The van der Waals surface area contributed by atoms with Crippen LogP contribution in [-0.2, 0) is 6.42 Å². The summed E-state index contributed by atoms with van der Waals surface area (Å²) in [6, 6.07) is 6.65. The van der Waals surface area contributed by atoms with Crippen LogP contribution in [0.25, 0.3) is 0 Å². The SMILES string of the molecule is CCCCN(c1c(Cl)cccc1CCN)C(C)CC. The Morgan fingerprint density at radius 3 is 2.63 bits per heavy atom. The molecular formula is C16H27ClN2. The number of unbranched alkanes of at least 4 members (excludes halogenated alkanes) is 1. The molecular weight excluding hydrogens is 256 g/mol. The Morgan fingerprint density at radius 2 is 2.05 bits per heavy atom. The molecule has 1 aromatic carbocycles. The first-order valence-corrected chi connectivity index (χ1v) is 7.77. The van der Waals surface area contributed by atoms with Crippen molar-refractivity contribution in [2.75, 3.05) is 18.0 Å². The number of nitrogens with two attached hydrogens (primary N) is 1. The Bertz CT molecular complexity index is 379. The third-order valence-corrected chi connectivity index (χ3v) is 3.95. The average molecular weight is 283 g/mol. The maximum atomic E-state index is 6.46. The van der Waals surface area contributed by atoms with Crippen LogP contribution < -0.4 is 10.6 Å². The fourth-order valence-electron chi connectivity index (χ4n) is 2.34. The van der Waals surface area contributed by atoms with Crippen molar-refractivity contribution in [1.82, 2.24) is 0 Å². The van der Waals surface area contributed by atoms with Crippen molar-refractivity contribution < 1.29 is 0 Å². The topological polar surface area (TPSA) is 29.3 Å². The van der Waals surface area contributed by atoms with Gasteiger partial charge >= 0.3 is 0 Å². The third kappa shape index (κ3) is 4.39. The lowest BCUT2D eigenvalue weighted by atomic mass is 10.1. The standard InChI is InChI=1S/C16H27ClN2/c1-4-6-12-19(13(3)5-2)16-14(10-11-18)8-7-9-15(16)17/h7-9,13H,4-6,10-12,18H2,1-3H3. The monoisotopic (exact) mass is 282 g/mol. The molecule has 0 heterocycles.